The number of carbonyl (C=O) groups excluding carboxylic acids is 1. The van der Waals surface area contributed by atoms with Crippen LogP contribution in [0, 0.1) is 17.3 Å². The predicted molar refractivity (Wildman–Crippen MR) is 93.7 cm³/mol. The van der Waals surface area contributed by atoms with E-state index in [-0.39, 0.29) is 5.92 Å². The monoisotopic (exact) mass is 350 g/mol. The number of rotatable bonds is 2. The lowest BCUT2D eigenvalue weighted by molar-refractivity contribution is -0.146. The molecule has 6 atom stereocenters. The summed E-state index contributed by atoms with van der Waals surface area (Å²) in [6, 6.07) is 0. The van der Waals surface area contributed by atoms with Gasteiger partial charge in [0.15, 0.2) is 0 Å². The van der Waals surface area contributed by atoms with Gasteiger partial charge in [-0.2, -0.15) is 0 Å². The van der Waals surface area contributed by atoms with E-state index in [0.717, 1.165) is 6.29 Å². The Labute approximate surface area is 149 Å². The molecular weight excluding hydrogens is 320 g/mol. The Morgan fingerprint density at radius 2 is 1.92 bits per heavy atom. The topological polar surface area (TPSA) is 98.0 Å². The lowest BCUT2D eigenvalue weighted by atomic mass is 9.60. The van der Waals surface area contributed by atoms with Crippen LogP contribution in [-0.2, 0) is 4.79 Å². The maximum absolute atomic E-state index is 11.7. The summed E-state index contributed by atoms with van der Waals surface area (Å²) in [4.78, 5) is 11.7. The van der Waals surface area contributed by atoms with Crippen molar-refractivity contribution < 1.29 is 25.2 Å². The zero-order chi connectivity index (χ0) is 18.6. The number of hydrogen-bond acceptors (Lipinski definition) is 5. The lowest BCUT2D eigenvalue weighted by Gasteiger charge is -2.50. The average molecular weight is 350 g/mol. The van der Waals surface area contributed by atoms with Gasteiger partial charge < -0.3 is 20.4 Å². The standard InChI is InChI=1S/C20H30O5/c1-18(2,24)9-12-8-13(10-21)14-4-6-19(3)11-20(25,7-5-15(19)22)16(14)17(12)23/h8-10,14-17,22-25H,4-7,11H2,1-3H3. The fourth-order valence-electron chi connectivity index (χ4n) is 5.36. The number of carbonyl (C=O) groups is 1. The van der Waals surface area contributed by atoms with E-state index in [4.69, 9.17) is 0 Å². The Hall–Kier alpha value is -1.01. The molecule has 0 aromatic heterocycles. The summed E-state index contributed by atoms with van der Waals surface area (Å²) in [7, 11) is 0. The second-order valence-electron chi connectivity index (χ2n) is 9.16. The highest BCUT2D eigenvalue weighted by atomic mass is 16.3. The predicted octanol–water partition coefficient (Wildman–Crippen LogP) is 1.49. The van der Waals surface area contributed by atoms with Crippen LogP contribution >= 0.6 is 0 Å². The molecule has 0 aromatic carbocycles. The summed E-state index contributed by atoms with van der Waals surface area (Å²) in [6.07, 6.45) is 5.29. The van der Waals surface area contributed by atoms with Crippen LogP contribution < -0.4 is 0 Å². The molecule has 0 heterocycles. The van der Waals surface area contributed by atoms with E-state index >= 15 is 0 Å². The van der Waals surface area contributed by atoms with Crippen molar-refractivity contribution in [1.29, 1.82) is 0 Å². The number of aldehydes is 1. The van der Waals surface area contributed by atoms with Crippen molar-refractivity contribution in [3.8, 4) is 0 Å². The molecule has 5 nitrogen and oxygen atoms in total. The van der Waals surface area contributed by atoms with Crippen LogP contribution in [0.1, 0.15) is 52.9 Å². The van der Waals surface area contributed by atoms with Crippen molar-refractivity contribution in [2.75, 3.05) is 0 Å². The number of aliphatic hydroxyl groups is 4. The Bertz CT molecular complexity index is 616. The summed E-state index contributed by atoms with van der Waals surface area (Å²) in [6.45, 7) is 5.22. The molecular formula is C20H30O5. The van der Waals surface area contributed by atoms with Crippen molar-refractivity contribution >= 4 is 6.29 Å². The summed E-state index contributed by atoms with van der Waals surface area (Å²) in [5.74, 6) is -0.732. The molecule has 5 heteroatoms. The summed E-state index contributed by atoms with van der Waals surface area (Å²) in [5.41, 5.74) is -1.62. The summed E-state index contributed by atoms with van der Waals surface area (Å²) >= 11 is 0. The normalized spacial score (nSPS) is 46.2. The highest BCUT2D eigenvalue weighted by Gasteiger charge is 2.57. The van der Waals surface area contributed by atoms with Gasteiger partial charge in [-0.1, -0.05) is 6.92 Å². The van der Waals surface area contributed by atoms with Crippen LogP contribution in [0.3, 0.4) is 0 Å². The first-order chi connectivity index (χ1) is 11.5. The minimum Gasteiger partial charge on any atom is -0.393 e. The van der Waals surface area contributed by atoms with Crippen LogP contribution in [0.5, 0.6) is 0 Å². The van der Waals surface area contributed by atoms with Gasteiger partial charge in [-0.05, 0) is 80.6 Å². The molecule has 25 heavy (non-hydrogen) atoms. The van der Waals surface area contributed by atoms with Gasteiger partial charge in [0.1, 0.15) is 6.29 Å². The highest BCUT2D eigenvalue weighted by molar-refractivity contribution is 5.76. The Kier molecular flexibility index (Phi) is 4.52. The zero-order valence-electron chi connectivity index (χ0n) is 15.3. The smallest absolute Gasteiger partial charge is 0.146 e. The van der Waals surface area contributed by atoms with Gasteiger partial charge in [-0.15, -0.1) is 0 Å². The first kappa shape index (κ1) is 18.8. The van der Waals surface area contributed by atoms with Crippen molar-refractivity contribution in [3.05, 3.63) is 23.3 Å². The largest absolute Gasteiger partial charge is 0.393 e. The fourth-order valence-corrected chi connectivity index (χ4v) is 5.36. The van der Waals surface area contributed by atoms with Crippen LogP contribution in [0.25, 0.3) is 0 Å². The molecule has 0 spiro atoms. The van der Waals surface area contributed by atoms with Gasteiger partial charge >= 0.3 is 0 Å². The van der Waals surface area contributed by atoms with E-state index < -0.39 is 34.7 Å². The van der Waals surface area contributed by atoms with Crippen molar-refractivity contribution in [1.82, 2.24) is 0 Å². The molecule has 0 saturated heterocycles. The molecule has 0 aliphatic heterocycles. The SMILES string of the molecule is CC(C)(O)C=C1C=C(C=O)C2CCC3(C)CC(O)(CCC3O)C2C1O. The molecule has 3 aliphatic rings. The first-order valence-electron chi connectivity index (χ1n) is 9.19. The van der Waals surface area contributed by atoms with Crippen molar-refractivity contribution in [2.24, 2.45) is 17.3 Å². The van der Waals surface area contributed by atoms with E-state index in [1.807, 2.05) is 6.92 Å². The number of allylic oxidation sites excluding steroid dienone is 1. The van der Waals surface area contributed by atoms with E-state index in [9.17, 15) is 25.2 Å². The van der Waals surface area contributed by atoms with Crippen LogP contribution in [0.4, 0.5) is 0 Å². The lowest BCUT2D eigenvalue weighted by Crippen LogP contribution is -2.55. The molecule has 0 radical (unpaired) electrons. The number of fused-ring (bicyclic) bond motifs is 4. The molecule has 3 aliphatic carbocycles. The van der Waals surface area contributed by atoms with Gasteiger partial charge in [0.25, 0.3) is 0 Å². The first-order valence-corrected chi connectivity index (χ1v) is 9.19. The van der Waals surface area contributed by atoms with Gasteiger partial charge in [0.2, 0.25) is 0 Å². The zero-order valence-corrected chi connectivity index (χ0v) is 15.3. The molecule has 2 saturated carbocycles. The van der Waals surface area contributed by atoms with Gasteiger partial charge in [-0.25, -0.2) is 0 Å². The van der Waals surface area contributed by atoms with Crippen molar-refractivity contribution in [2.45, 2.75) is 76.3 Å². The third kappa shape index (κ3) is 3.23. The molecule has 2 bridgehead atoms. The maximum Gasteiger partial charge on any atom is 0.146 e. The molecule has 0 aromatic rings. The molecule has 6 unspecified atom stereocenters. The molecule has 2 fully saturated rings. The summed E-state index contributed by atoms with van der Waals surface area (Å²) < 4.78 is 0. The minimum absolute atomic E-state index is 0.233. The van der Waals surface area contributed by atoms with Gasteiger partial charge in [0.05, 0.1) is 23.4 Å². The van der Waals surface area contributed by atoms with Crippen molar-refractivity contribution in [3.63, 3.8) is 0 Å². The second kappa shape index (κ2) is 6.02. The van der Waals surface area contributed by atoms with E-state index in [1.54, 1.807) is 26.0 Å². The van der Waals surface area contributed by atoms with Crippen LogP contribution in [0.15, 0.2) is 23.3 Å². The van der Waals surface area contributed by atoms with E-state index in [0.29, 0.717) is 43.3 Å². The quantitative estimate of drug-likeness (QED) is 0.566. The third-order valence-electron chi connectivity index (χ3n) is 6.54. The minimum atomic E-state index is -1.13. The Morgan fingerprint density at radius 1 is 1.24 bits per heavy atom. The molecule has 4 N–H and O–H groups in total. The van der Waals surface area contributed by atoms with Gasteiger partial charge in [-0.3, -0.25) is 4.79 Å². The molecule has 0 amide bonds. The van der Waals surface area contributed by atoms with Crippen LogP contribution in [-0.4, -0.2) is 50.1 Å². The summed E-state index contributed by atoms with van der Waals surface area (Å²) in [5, 5.41) is 43.0. The van der Waals surface area contributed by atoms with E-state index in [2.05, 4.69) is 0 Å². The Morgan fingerprint density at radius 3 is 2.52 bits per heavy atom. The molecule has 140 valence electrons. The third-order valence-corrected chi connectivity index (χ3v) is 6.54. The molecule has 3 rings (SSSR count). The van der Waals surface area contributed by atoms with E-state index in [1.165, 1.54) is 0 Å². The fraction of sp³-hybridized carbons (Fsp3) is 0.750. The maximum atomic E-state index is 11.7. The van der Waals surface area contributed by atoms with Gasteiger partial charge in [0, 0.05) is 5.92 Å². The highest BCUT2D eigenvalue weighted by Crippen LogP contribution is 2.56. The average Bonchev–Trinajstić information content (AvgIpc) is 2.59. The number of aliphatic hydroxyl groups excluding tert-OH is 2. The Balaban J connectivity index is 2.10. The number of hydrogen-bond donors (Lipinski definition) is 4. The second-order valence-corrected chi connectivity index (χ2v) is 9.16. The van der Waals surface area contributed by atoms with Crippen LogP contribution in [0.2, 0.25) is 0 Å².